The predicted octanol–water partition coefficient (Wildman–Crippen LogP) is 5.66. The summed E-state index contributed by atoms with van der Waals surface area (Å²) in [6.07, 6.45) is 0.798. The molecular weight excluding hydrogens is 418 g/mol. The first-order valence-corrected chi connectivity index (χ1v) is 9.51. The highest BCUT2D eigenvalue weighted by atomic mass is 79.9. The first kappa shape index (κ1) is 18.2. The second kappa shape index (κ2) is 7.44. The zero-order valence-electron chi connectivity index (χ0n) is 14.8. The second-order valence-corrected chi connectivity index (χ2v) is 7.43. The van der Waals surface area contributed by atoms with Crippen LogP contribution in [0.2, 0.25) is 0 Å². The van der Waals surface area contributed by atoms with E-state index in [0.29, 0.717) is 16.5 Å². The van der Waals surface area contributed by atoms with Crippen molar-refractivity contribution in [1.82, 2.24) is 4.98 Å². The zero-order chi connectivity index (χ0) is 19.7. The summed E-state index contributed by atoms with van der Waals surface area (Å²) in [5, 5.41) is 20.7. The maximum Gasteiger partial charge on any atom is 0.340 e. The Morgan fingerprint density at radius 2 is 1.61 bits per heavy atom. The Kier molecular flexibility index (Phi) is 4.84. The molecule has 0 unspecified atom stereocenters. The minimum atomic E-state index is -1.19. The van der Waals surface area contributed by atoms with Gasteiger partial charge in [0.1, 0.15) is 11.3 Å². The van der Waals surface area contributed by atoms with Crippen LogP contribution in [0.1, 0.15) is 21.5 Å². The van der Waals surface area contributed by atoms with Crippen molar-refractivity contribution in [3.8, 4) is 17.0 Å². The highest BCUT2D eigenvalue weighted by Crippen LogP contribution is 2.36. The number of carbonyl (C=O) groups is 1. The molecule has 3 aromatic carbocycles. The van der Waals surface area contributed by atoms with Gasteiger partial charge in [-0.3, -0.25) is 0 Å². The fraction of sp³-hybridized carbons (Fsp3) is 0.0435. The van der Waals surface area contributed by atoms with E-state index in [-0.39, 0.29) is 17.0 Å². The fourth-order valence-corrected chi connectivity index (χ4v) is 3.62. The lowest BCUT2D eigenvalue weighted by molar-refractivity contribution is 0.0696. The molecule has 0 saturated heterocycles. The molecule has 0 saturated carbocycles. The molecule has 2 N–H and O–H groups in total. The number of rotatable bonds is 4. The van der Waals surface area contributed by atoms with Crippen molar-refractivity contribution in [2.45, 2.75) is 6.42 Å². The van der Waals surface area contributed by atoms with Crippen LogP contribution in [0, 0.1) is 0 Å². The van der Waals surface area contributed by atoms with Gasteiger partial charge in [0.2, 0.25) is 0 Å². The van der Waals surface area contributed by atoms with Gasteiger partial charge >= 0.3 is 5.97 Å². The van der Waals surface area contributed by atoms with Crippen molar-refractivity contribution in [3.63, 3.8) is 0 Å². The van der Waals surface area contributed by atoms with E-state index in [1.807, 2.05) is 42.5 Å². The predicted molar refractivity (Wildman–Crippen MR) is 113 cm³/mol. The highest BCUT2D eigenvalue weighted by molar-refractivity contribution is 9.10. The van der Waals surface area contributed by atoms with E-state index in [2.05, 4.69) is 33.0 Å². The number of benzene rings is 3. The maximum absolute atomic E-state index is 11.8. The van der Waals surface area contributed by atoms with Gasteiger partial charge < -0.3 is 10.2 Å². The van der Waals surface area contributed by atoms with E-state index >= 15 is 0 Å². The van der Waals surface area contributed by atoms with Crippen molar-refractivity contribution >= 4 is 32.8 Å². The number of fused-ring (bicyclic) bond motifs is 1. The van der Waals surface area contributed by atoms with Crippen LogP contribution in [0.4, 0.5) is 0 Å². The molecule has 4 aromatic rings. The first-order chi connectivity index (χ1) is 13.5. The van der Waals surface area contributed by atoms with Crippen LogP contribution in [0.3, 0.4) is 0 Å². The van der Waals surface area contributed by atoms with Gasteiger partial charge in [0, 0.05) is 15.4 Å². The molecule has 5 heteroatoms. The summed E-state index contributed by atoms with van der Waals surface area (Å²) in [6.45, 7) is 0. The first-order valence-electron chi connectivity index (χ1n) is 8.71. The minimum absolute atomic E-state index is 0.144. The van der Waals surface area contributed by atoms with Gasteiger partial charge in [-0.1, -0.05) is 70.5 Å². The second-order valence-electron chi connectivity index (χ2n) is 6.51. The maximum atomic E-state index is 11.8. The van der Waals surface area contributed by atoms with Crippen molar-refractivity contribution in [3.05, 3.63) is 94.0 Å². The van der Waals surface area contributed by atoms with Gasteiger partial charge in [0.25, 0.3) is 0 Å². The number of aromatic nitrogens is 1. The van der Waals surface area contributed by atoms with Crippen molar-refractivity contribution in [2.24, 2.45) is 0 Å². The lowest BCUT2D eigenvalue weighted by atomic mass is 10.00. The summed E-state index contributed by atoms with van der Waals surface area (Å²) in [4.78, 5) is 16.3. The number of nitrogens with zero attached hydrogens (tertiary/aromatic N) is 1. The van der Waals surface area contributed by atoms with E-state index in [1.165, 1.54) is 5.56 Å². The molecule has 0 aliphatic carbocycles. The van der Waals surface area contributed by atoms with Gasteiger partial charge in [-0.05, 0) is 35.7 Å². The fourth-order valence-electron chi connectivity index (χ4n) is 3.26. The molecule has 0 bridgehead atoms. The molecule has 0 aliphatic heterocycles. The Labute approximate surface area is 170 Å². The SMILES string of the molecule is O=C(O)c1c(O)c(-c2ccc(Cc3ccccc3)cc2)nc2ccc(Br)cc12. The third-order valence-corrected chi connectivity index (χ3v) is 5.11. The Bertz CT molecular complexity index is 1170. The summed E-state index contributed by atoms with van der Waals surface area (Å²) in [5.74, 6) is -1.51. The molecule has 0 radical (unpaired) electrons. The summed E-state index contributed by atoms with van der Waals surface area (Å²) in [6, 6.07) is 23.0. The number of carboxylic acid groups (broad SMARTS) is 1. The van der Waals surface area contributed by atoms with Crippen LogP contribution >= 0.6 is 15.9 Å². The average molecular weight is 434 g/mol. The number of hydrogen-bond acceptors (Lipinski definition) is 3. The molecule has 138 valence electrons. The topological polar surface area (TPSA) is 70.4 Å². The van der Waals surface area contributed by atoms with E-state index in [4.69, 9.17) is 0 Å². The van der Waals surface area contributed by atoms with Crippen molar-refractivity contribution in [2.75, 3.05) is 0 Å². The van der Waals surface area contributed by atoms with E-state index in [0.717, 1.165) is 16.5 Å². The number of halogens is 1. The smallest absolute Gasteiger partial charge is 0.340 e. The summed E-state index contributed by atoms with van der Waals surface area (Å²) in [5.41, 5.74) is 3.63. The molecule has 0 spiro atoms. The van der Waals surface area contributed by atoms with Crippen LogP contribution < -0.4 is 0 Å². The average Bonchev–Trinajstić information content (AvgIpc) is 2.69. The largest absolute Gasteiger partial charge is 0.505 e. The number of hydrogen-bond donors (Lipinski definition) is 2. The Balaban J connectivity index is 1.77. The third-order valence-electron chi connectivity index (χ3n) is 4.61. The molecule has 0 amide bonds. The van der Waals surface area contributed by atoms with Gasteiger partial charge in [-0.15, -0.1) is 0 Å². The standard InChI is InChI=1S/C23H16BrNO3/c24-17-10-11-19-18(13-17)20(23(27)28)22(26)21(25-19)16-8-6-15(7-9-16)12-14-4-2-1-3-5-14/h1-11,13,26H,12H2,(H,27,28). The molecular formula is C23H16BrNO3. The van der Waals surface area contributed by atoms with Gasteiger partial charge in [0.15, 0.2) is 5.75 Å². The van der Waals surface area contributed by atoms with Crippen LogP contribution in [0.25, 0.3) is 22.2 Å². The molecule has 0 atom stereocenters. The summed E-state index contributed by atoms with van der Waals surface area (Å²) in [7, 11) is 0. The van der Waals surface area contributed by atoms with Crippen LogP contribution in [0.5, 0.6) is 5.75 Å². The lowest BCUT2D eigenvalue weighted by Gasteiger charge is -2.11. The van der Waals surface area contributed by atoms with Crippen LogP contribution in [-0.2, 0) is 6.42 Å². The zero-order valence-corrected chi connectivity index (χ0v) is 16.3. The number of pyridine rings is 1. The van der Waals surface area contributed by atoms with E-state index in [9.17, 15) is 15.0 Å². The molecule has 4 rings (SSSR count). The minimum Gasteiger partial charge on any atom is -0.505 e. The van der Waals surface area contributed by atoms with E-state index < -0.39 is 5.97 Å². The Morgan fingerprint density at radius 1 is 0.929 bits per heavy atom. The van der Waals surface area contributed by atoms with E-state index in [1.54, 1.807) is 18.2 Å². The number of carboxylic acids is 1. The lowest BCUT2D eigenvalue weighted by Crippen LogP contribution is -2.02. The Morgan fingerprint density at radius 3 is 2.29 bits per heavy atom. The van der Waals surface area contributed by atoms with Crippen LogP contribution in [-0.4, -0.2) is 21.2 Å². The van der Waals surface area contributed by atoms with Gasteiger partial charge in [0.05, 0.1) is 5.52 Å². The monoisotopic (exact) mass is 433 g/mol. The number of aromatic hydroxyl groups is 1. The van der Waals surface area contributed by atoms with Crippen molar-refractivity contribution in [1.29, 1.82) is 0 Å². The van der Waals surface area contributed by atoms with Crippen LogP contribution in [0.15, 0.2) is 77.3 Å². The molecule has 0 fully saturated rings. The quantitative estimate of drug-likeness (QED) is 0.435. The molecule has 1 aromatic heterocycles. The Hall–Kier alpha value is -3.18. The molecule has 1 heterocycles. The van der Waals surface area contributed by atoms with Crippen molar-refractivity contribution < 1.29 is 15.0 Å². The third kappa shape index (κ3) is 3.49. The molecule has 28 heavy (non-hydrogen) atoms. The molecule has 0 aliphatic rings. The van der Waals surface area contributed by atoms with Gasteiger partial charge in [-0.2, -0.15) is 0 Å². The molecule has 4 nitrogen and oxygen atoms in total. The number of aromatic carboxylic acids is 1. The normalized spacial score (nSPS) is 10.9. The summed E-state index contributed by atoms with van der Waals surface area (Å²) >= 11 is 3.34. The summed E-state index contributed by atoms with van der Waals surface area (Å²) < 4.78 is 0.724. The van der Waals surface area contributed by atoms with Gasteiger partial charge in [-0.25, -0.2) is 9.78 Å². The highest BCUT2D eigenvalue weighted by Gasteiger charge is 2.21.